The lowest BCUT2D eigenvalue weighted by Gasteiger charge is -2.05. The highest BCUT2D eigenvalue weighted by atomic mass is 32.1. The van der Waals surface area contributed by atoms with Crippen molar-refractivity contribution in [2.24, 2.45) is 5.73 Å². The maximum Gasteiger partial charge on any atom is 0.251 e. The normalized spacial score (nSPS) is 10.5. The molecule has 2 rings (SSSR count). The first kappa shape index (κ1) is 16.2. The molecule has 0 spiro atoms. The zero-order valence-corrected chi connectivity index (χ0v) is 13.8. The molecule has 0 fully saturated rings. The second kappa shape index (κ2) is 6.75. The standard InChI is InChI=1S/C17H20N2O2S/c1-10-4-6-13(7-5-10)8-9-14(20)19-17-15(16(18)21)11(2)12(3)22-17/h4-7H,8-9H2,1-3H3,(H2,18,21)(H,19,20). The first-order chi connectivity index (χ1) is 10.4. The van der Waals surface area contributed by atoms with Gasteiger partial charge in [-0.3, -0.25) is 9.59 Å². The van der Waals surface area contributed by atoms with Crippen LogP contribution in [0.3, 0.4) is 0 Å². The molecule has 0 saturated carbocycles. The van der Waals surface area contributed by atoms with E-state index in [9.17, 15) is 9.59 Å². The maximum atomic E-state index is 12.1. The van der Waals surface area contributed by atoms with Crippen molar-refractivity contribution >= 4 is 28.2 Å². The van der Waals surface area contributed by atoms with E-state index in [-0.39, 0.29) is 5.91 Å². The molecule has 5 heteroatoms. The summed E-state index contributed by atoms with van der Waals surface area (Å²) in [5.41, 5.74) is 8.98. The molecule has 22 heavy (non-hydrogen) atoms. The SMILES string of the molecule is Cc1ccc(CCC(=O)Nc2sc(C)c(C)c2C(N)=O)cc1. The minimum atomic E-state index is -0.504. The van der Waals surface area contributed by atoms with Crippen LogP contribution in [0.5, 0.6) is 0 Å². The average molecular weight is 316 g/mol. The number of hydrogen-bond donors (Lipinski definition) is 2. The quantitative estimate of drug-likeness (QED) is 0.888. The zero-order valence-electron chi connectivity index (χ0n) is 13.0. The van der Waals surface area contributed by atoms with Gasteiger partial charge in [0, 0.05) is 11.3 Å². The van der Waals surface area contributed by atoms with Gasteiger partial charge in [-0.1, -0.05) is 29.8 Å². The van der Waals surface area contributed by atoms with Gasteiger partial charge in [-0.25, -0.2) is 0 Å². The van der Waals surface area contributed by atoms with Crippen LogP contribution in [0.15, 0.2) is 24.3 Å². The Kier molecular flexibility index (Phi) is 4.98. The summed E-state index contributed by atoms with van der Waals surface area (Å²) in [6.45, 7) is 5.78. The molecule has 1 aromatic heterocycles. The Labute approximate surface area is 134 Å². The molecule has 116 valence electrons. The lowest BCUT2D eigenvalue weighted by Crippen LogP contribution is -2.17. The molecule has 0 radical (unpaired) electrons. The summed E-state index contributed by atoms with van der Waals surface area (Å²) >= 11 is 1.39. The molecule has 0 aliphatic rings. The molecule has 2 amide bonds. The van der Waals surface area contributed by atoms with Gasteiger partial charge in [-0.15, -0.1) is 11.3 Å². The molecular weight excluding hydrogens is 296 g/mol. The van der Waals surface area contributed by atoms with Crippen molar-refractivity contribution < 1.29 is 9.59 Å². The fraction of sp³-hybridized carbons (Fsp3) is 0.294. The molecule has 0 aliphatic carbocycles. The number of amides is 2. The van der Waals surface area contributed by atoms with E-state index in [4.69, 9.17) is 5.73 Å². The molecule has 0 bridgehead atoms. The summed E-state index contributed by atoms with van der Waals surface area (Å²) in [6.07, 6.45) is 1.04. The van der Waals surface area contributed by atoms with Gasteiger partial charge in [0.25, 0.3) is 5.91 Å². The van der Waals surface area contributed by atoms with Gasteiger partial charge in [0.2, 0.25) is 5.91 Å². The molecule has 3 N–H and O–H groups in total. The predicted octanol–water partition coefficient (Wildman–Crippen LogP) is 3.34. The number of carbonyl (C=O) groups is 2. The number of carbonyl (C=O) groups excluding carboxylic acids is 2. The number of aryl methyl sites for hydroxylation is 3. The predicted molar refractivity (Wildman–Crippen MR) is 90.4 cm³/mol. The lowest BCUT2D eigenvalue weighted by molar-refractivity contribution is -0.116. The van der Waals surface area contributed by atoms with Gasteiger partial charge < -0.3 is 11.1 Å². The maximum absolute atomic E-state index is 12.1. The van der Waals surface area contributed by atoms with E-state index in [0.29, 0.717) is 23.4 Å². The molecule has 0 aliphatic heterocycles. The molecule has 1 heterocycles. The first-order valence-corrected chi connectivity index (χ1v) is 7.95. The summed E-state index contributed by atoms with van der Waals surface area (Å²) in [4.78, 5) is 24.6. The molecule has 4 nitrogen and oxygen atoms in total. The number of rotatable bonds is 5. The summed E-state index contributed by atoms with van der Waals surface area (Å²) in [6, 6.07) is 8.11. The van der Waals surface area contributed by atoms with Gasteiger partial charge in [-0.2, -0.15) is 0 Å². The average Bonchev–Trinajstić information content (AvgIpc) is 2.73. The van der Waals surface area contributed by atoms with E-state index in [1.54, 1.807) is 0 Å². The van der Waals surface area contributed by atoms with Crippen LogP contribution >= 0.6 is 11.3 Å². The molecule has 2 aromatic rings. The molecule has 0 atom stereocenters. The summed E-state index contributed by atoms with van der Waals surface area (Å²) < 4.78 is 0. The number of nitrogens with one attached hydrogen (secondary N) is 1. The van der Waals surface area contributed by atoms with Gasteiger partial charge in [0.15, 0.2) is 0 Å². The van der Waals surface area contributed by atoms with E-state index in [1.165, 1.54) is 16.9 Å². The Morgan fingerprint density at radius 1 is 1.14 bits per heavy atom. The van der Waals surface area contributed by atoms with Gasteiger partial charge in [0.05, 0.1) is 5.56 Å². The third-order valence-corrected chi connectivity index (χ3v) is 4.77. The smallest absolute Gasteiger partial charge is 0.251 e. The Hall–Kier alpha value is -2.14. The van der Waals surface area contributed by atoms with E-state index in [1.807, 2.05) is 45.0 Å². The van der Waals surface area contributed by atoms with Crippen molar-refractivity contribution in [3.8, 4) is 0 Å². The second-order valence-electron chi connectivity index (χ2n) is 5.39. The highest BCUT2D eigenvalue weighted by molar-refractivity contribution is 7.16. The van der Waals surface area contributed by atoms with E-state index in [2.05, 4.69) is 5.32 Å². The van der Waals surface area contributed by atoms with Crippen molar-refractivity contribution in [2.75, 3.05) is 5.32 Å². The van der Waals surface area contributed by atoms with Crippen LogP contribution in [0.2, 0.25) is 0 Å². The van der Waals surface area contributed by atoms with Crippen LogP contribution in [0, 0.1) is 20.8 Å². The number of primary amides is 1. The topological polar surface area (TPSA) is 72.2 Å². The fourth-order valence-corrected chi connectivity index (χ4v) is 3.30. The van der Waals surface area contributed by atoms with Gasteiger partial charge >= 0.3 is 0 Å². The van der Waals surface area contributed by atoms with Crippen LogP contribution in [0.25, 0.3) is 0 Å². The lowest BCUT2D eigenvalue weighted by atomic mass is 10.1. The van der Waals surface area contributed by atoms with Crippen LogP contribution in [-0.2, 0) is 11.2 Å². The zero-order chi connectivity index (χ0) is 16.3. The highest BCUT2D eigenvalue weighted by Gasteiger charge is 2.18. The van der Waals surface area contributed by atoms with Crippen molar-refractivity contribution in [1.29, 1.82) is 0 Å². The van der Waals surface area contributed by atoms with E-state index >= 15 is 0 Å². The third-order valence-electron chi connectivity index (χ3n) is 3.65. The minimum absolute atomic E-state index is 0.107. The Bertz CT molecular complexity index is 702. The minimum Gasteiger partial charge on any atom is -0.365 e. The van der Waals surface area contributed by atoms with Gasteiger partial charge in [-0.05, 0) is 38.3 Å². The fourth-order valence-electron chi connectivity index (χ4n) is 2.21. The monoisotopic (exact) mass is 316 g/mol. The Morgan fingerprint density at radius 3 is 2.36 bits per heavy atom. The van der Waals surface area contributed by atoms with Crippen molar-refractivity contribution in [3.05, 3.63) is 51.4 Å². The summed E-state index contributed by atoms with van der Waals surface area (Å²) in [5, 5.41) is 3.37. The number of benzene rings is 1. The number of nitrogens with two attached hydrogens (primary N) is 1. The molecule has 0 saturated heterocycles. The van der Waals surface area contributed by atoms with Crippen LogP contribution in [-0.4, -0.2) is 11.8 Å². The van der Waals surface area contributed by atoms with Crippen molar-refractivity contribution in [1.82, 2.24) is 0 Å². The Balaban J connectivity index is 2.02. The van der Waals surface area contributed by atoms with E-state index in [0.717, 1.165) is 16.0 Å². The number of hydrogen-bond acceptors (Lipinski definition) is 3. The van der Waals surface area contributed by atoms with Crippen molar-refractivity contribution in [2.45, 2.75) is 33.6 Å². The van der Waals surface area contributed by atoms with Crippen molar-refractivity contribution in [3.63, 3.8) is 0 Å². The van der Waals surface area contributed by atoms with Crippen LogP contribution < -0.4 is 11.1 Å². The third kappa shape index (κ3) is 3.74. The van der Waals surface area contributed by atoms with Crippen LogP contribution in [0.1, 0.15) is 38.3 Å². The Morgan fingerprint density at radius 2 is 1.77 bits per heavy atom. The number of thiophene rings is 1. The summed E-state index contributed by atoms with van der Waals surface area (Å²) in [7, 11) is 0. The highest BCUT2D eigenvalue weighted by Crippen LogP contribution is 2.32. The molecular formula is C17H20N2O2S. The first-order valence-electron chi connectivity index (χ1n) is 7.13. The molecule has 1 aromatic carbocycles. The second-order valence-corrected chi connectivity index (χ2v) is 6.61. The molecule has 0 unspecified atom stereocenters. The number of anilines is 1. The van der Waals surface area contributed by atoms with E-state index < -0.39 is 5.91 Å². The largest absolute Gasteiger partial charge is 0.365 e. The van der Waals surface area contributed by atoms with Gasteiger partial charge in [0.1, 0.15) is 5.00 Å². The van der Waals surface area contributed by atoms with Crippen LogP contribution in [0.4, 0.5) is 5.00 Å². The summed E-state index contributed by atoms with van der Waals surface area (Å²) in [5.74, 6) is -0.611.